The molecular weight excluding hydrogens is 378 g/mol. The van der Waals surface area contributed by atoms with Crippen molar-refractivity contribution in [1.29, 1.82) is 0 Å². The number of carbonyl (C=O) groups excluding carboxylic acids is 3. The van der Waals surface area contributed by atoms with E-state index >= 15 is 0 Å². The van der Waals surface area contributed by atoms with Crippen LogP contribution >= 0.6 is 0 Å². The normalized spacial score (nSPS) is 25.4. The highest BCUT2D eigenvalue weighted by molar-refractivity contribution is 6.09. The van der Waals surface area contributed by atoms with Crippen LogP contribution in [0, 0.1) is 11.3 Å². The Kier molecular flexibility index (Phi) is 6.25. The van der Waals surface area contributed by atoms with E-state index < -0.39 is 11.6 Å². The average molecular weight is 414 g/mol. The summed E-state index contributed by atoms with van der Waals surface area (Å²) < 4.78 is 0. The second-order valence-corrected chi connectivity index (χ2v) is 9.93. The van der Waals surface area contributed by atoms with Gasteiger partial charge in [-0.3, -0.25) is 14.5 Å². The molecule has 3 rings (SSSR count). The van der Waals surface area contributed by atoms with Crippen LogP contribution in [0.15, 0.2) is 24.3 Å². The minimum Gasteiger partial charge on any atom is -0.348 e. The third-order valence-corrected chi connectivity index (χ3v) is 6.88. The first-order chi connectivity index (χ1) is 14.1. The van der Waals surface area contributed by atoms with Gasteiger partial charge in [-0.2, -0.15) is 0 Å². The zero-order chi connectivity index (χ0) is 22.1. The van der Waals surface area contributed by atoms with Gasteiger partial charge >= 0.3 is 6.03 Å². The second-order valence-electron chi connectivity index (χ2n) is 9.93. The number of aryl methyl sites for hydroxylation is 1. The first-order valence-electron chi connectivity index (χ1n) is 11.1. The molecule has 6 heteroatoms. The molecule has 1 saturated heterocycles. The molecule has 1 saturated carbocycles. The Balaban J connectivity index is 1.59. The van der Waals surface area contributed by atoms with Gasteiger partial charge in [-0.25, -0.2) is 4.79 Å². The molecule has 2 fully saturated rings. The van der Waals surface area contributed by atoms with Crippen LogP contribution in [-0.2, 0) is 16.0 Å². The molecule has 1 aromatic rings. The number of imide groups is 1. The monoisotopic (exact) mass is 413 g/mol. The van der Waals surface area contributed by atoms with Crippen molar-refractivity contribution in [3.63, 3.8) is 0 Å². The molecule has 4 amide bonds. The van der Waals surface area contributed by atoms with Crippen LogP contribution in [0.2, 0.25) is 0 Å². The van der Waals surface area contributed by atoms with Crippen LogP contribution in [0.4, 0.5) is 4.79 Å². The fourth-order valence-electron chi connectivity index (χ4n) is 4.69. The molecule has 1 heterocycles. The van der Waals surface area contributed by atoms with Crippen LogP contribution in [0.5, 0.6) is 0 Å². The number of nitrogens with one attached hydrogen (secondary N) is 2. The van der Waals surface area contributed by atoms with E-state index in [2.05, 4.69) is 38.3 Å². The van der Waals surface area contributed by atoms with Crippen molar-refractivity contribution in [3.05, 3.63) is 35.4 Å². The lowest BCUT2D eigenvalue weighted by Gasteiger charge is -2.40. The zero-order valence-electron chi connectivity index (χ0n) is 18.9. The molecule has 0 radical (unpaired) electrons. The van der Waals surface area contributed by atoms with Crippen LogP contribution in [0.25, 0.3) is 0 Å². The predicted molar refractivity (Wildman–Crippen MR) is 117 cm³/mol. The summed E-state index contributed by atoms with van der Waals surface area (Å²) in [5.74, 6) is -0.0499. The molecule has 2 N–H and O–H groups in total. The van der Waals surface area contributed by atoms with Gasteiger partial charge in [0.1, 0.15) is 12.1 Å². The minimum atomic E-state index is -0.833. The summed E-state index contributed by atoms with van der Waals surface area (Å²) >= 11 is 0. The molecule has 1 atom stereocenters. The van der Waals surface area contributed by atoms with E-state index in [-0.39, 0.29) is 29.8 Å². The number of amides is 4. The van der Waals surface area contributed by atoms with Crippen molar-refractivity contribution in [2.75, 3.05) is 6.54 Å². The molecule has 6 nitrogen and oxygen atoms in total. The van der Waals surface area contributed by atoms with Crippen molar-refractivity contribution in [1.82, 2.24) is 15.5 Å². The quantitative estimate of drug-likeness (QED) is 0.718. The van der Waals surface area contributed by atoms with Gasteiger partial charge in [0.15, 0.2) is 0 Å². The number of hydrogen-bond acceptors (Lipinski definition) is 3. The molecule has 0 bridgehead atoms. The van der Waals surface area contributed by atoms with Gasteiger partial charge in [-0.05, 0) is 61.5 Å². The van der Waals surface area contributed by atoms with E-state index in [0.29, 0.717) is 18.8 Å². The molecular formula is C24H35N3O3. The third-order valence-electron chi connectivity index (χ3n) is 6.88. The lowest BCUT2D eigenvalue weighted by Crippen LogP contribution is -2.51. The minimum absolute atomic E-state index is 0.193. The number of benzene rings is 1. The van der Waals surface area contributed by atoms with Crippen LogP contribution in [0.3, 0.4) is 0 Å². The summed E-state index contributed by atoms with van der Waals surface area (Å²) in [7, 11) is 0. The molecule has 1 aromatic carbocycles. The van der Waals surface area contributed by atoms with Gasteiger partial charge in [-0.1, -0.05) is 52.0 Å². The van der Waals surface area contributed by atoms with Gasteiger partial charge in [0.25, 0.3) is 5.91 Å². The summed E-state index contributed by atoms with van der Waals surface area (Å²) in [5, 5.41) is 5.81. The Morgan fingerprint density at radius 1 is 1.20 bits per heavy atom. The number of hydrogen-bond donors (Lipinski definition) is 2. The SMILES string of the molecule is CCc1ccc(C(C)NC(=O)CN2C(=O)NC3(CCC(C(C)(C)C)CC3)C2=O)cc1. The van der Waals surface area contributed by atoms with Crippen LogP contribution in [-0.4, -0.2) is 34.8 Å². The van der Waals surface area contributed by atoms with Gasteiger partial charge in [0, 0.05) is 0 Å². The average Bonchev–Trinajstić information content (AvgIpc) is 2.91. The molecule has 164 valence electrons. The lowest BCUT2D eigenvalue weighted by molar-refractivity contribution is -0.136. The summed E-state index contributed by atoms with van der Waals surface area (Å²) in [5.41, 5.74) is 1.59. The highest BCUT2D eigenvalue weighted by atomic mass is 16.2. The highest BCUT2D eigenvalue weighted by Crippen LogP contribution is 2.43. The summed E-state index contributed by atoms with van der Waals surface area (Å²) in [6.07, 6.45) is 4.04. The van der Waals surface area contributed by atoms with E-state index in [1.165, 1.54) is 5.56 Å². The van der Waals surface area contributed by atoms with E-state index in [9.17, 15) is 14.4 Å². The Bertz CT molecular complexity index is 802. The van der Waals surface area contributed by atoms with Gasteiger partial charge in [0.05, 0.1) is 6.04 Å². The van der Waals surface area contributed by atoms with E-state index in [0.717, 1.165) is 29.7 Å². The number of nitrogens with zero attached hydrogens (tertiary/aromatic N) is 1. The number of rotatable bonds is 5. The van der Waals surface area contributed by atoms with Gasteiger partial charge in [0.2, 0.25) is 5.91 Å². The maximum atomic E-state index is 13.1. The van der Waals surface area contributed by atoms with Crippen molar-refractivity contribution in [3.8, 4) is 0 Å². The van der Waals surface area contributed by atoms with E-state index in [1.54, 1.807) is 0 Å². The Hall–Kier alpha value is -2.37. The van der Waals surface area contributed by atoms with Gasteiger partial charge in [-0.15, -0.1) is 0 Å². The van der Waals surface area contributed by atoms with Crippen molar-refractivity contribution < 1.29 is 14.4 Å². The first kappa shape index (κ1) is 22.3. The van der Waals surface area contributed by atoms with Crippen LogP contribution < -0.4 is 10.6 Å². The first-order valence-corrected chi connectivity index (χ1v) is 11.1. The second kappa shape index (κ2) is 8.40. The van der Waals surface area contributed by atoms with Gasteiger partial charge < -0.3 is 10.6 Å². The molecule has 1 aliphatic carbocycles. The topological polar surface area (TPSA) is 78.5 Å². The molecule has 1 unspecified atom stereocenters. The molecule has 1 spiro atoms. The lowest BCUT2D eigenvalue weighted by atomic mass is 9.67. The molecule has 30 heavy (non-hydrogen) atoms. The largest absolute Gasteiger partial charge is 0.348 e. The van der Waals surface area contributed by atoms with E-state index in [4.69, 9.17) is 0 Å². The fraction of sp³-hybridized carbons (Fsp3) is 0.625. The predicted octanol–water partition coefficient (Wildman–Crippen LogP) is 3.95. The maximum Gasteiger partial charge on any atom is 0.325 e. The van der Waals surface area contributed by atoms with Crippen molar-refractivity contribution in [2.24, 2.45) is 11.3 Å². The highest BCUT2D eigenvalue weighted by Gasteiger charge is 2.53. The Labute approximate surface area is 179 Å². The molecule has 0 aromatic heterocycles. The summed E-state index contributed by atoms with van der Waals surface area (Å²) in [6.45, 7) is 10.4. The van der Waals surface area contributed by atoms with Crippen molar-refractivity contribution >= 4 is 17.8 Å². The third kappa shape index (κ3) is 4.52. The van der Waals surface area contributed by atoms with Crippen LogP contribution in [0.1, 0.15) is 77.5 Å². The summed E-state index contributed by atoms with van der Waals surface area (Å²) in [6, 6.07) is 7.45. The van der Waals surface area contributed by atoms with E-state index in [1.807, 2.05) is 31.2 Å². The standard InChI is InChI=1S/C24H35N3O3/c1-6-17-7-9-18(10-8-17)16(2)25-20(28)15-27-21(29)24(26-22(27)30)13-11-19(12-14-24)23(3,4)5/h7-10,16,19H,6,11-15H2,1-5H3,(H,25,28)(H,26,30). The molecule has 2 aliphatic rings. The Morgan fingerprint density at radius 3 is 2.33 bits per heavy atom. The zero-order valence-corrected chi connectivity index (χ0v) is 18.9. The number of carbonyl (C=O) groups is 3. The number of urea groups is 1. The fourth-order valence-corrected chi connectivity index (χ4v) is 4.69. The Morgan fingerprint density at radius 2 is 1.80 bits per heavy atom. The smallest absolute Gasteiger partial charge is 0.325 e. The molecule has 1 aliphatic heterocycles. The maximum absolute atomic E-state index is 13.1. The summed E-state index contributed by atoms with van der Waals surface area (Å²) in [4.78, 5) is 39.2. The van der Waals surface area contributed by atoms with Crippen molar-refractivity contribution in [2.45, 2.75) is 78.3 Å².